The van der Waals surface area contributed by atoms with Crippen LogP contribution in [0.5, 0.6) is 5.75 Å². The molecule has 0 saturated carbocycles. The molecule has 26 heavy (non-hydrogen) atoms. The molecule has 5 nitrogen and oxygen atoms in total. The summed E-state index contributed by atoms with van der Waals surface area (Å²) in [6.45, 7) is 1.84. The molecule has 2 aromatic carbocycles. The zero-order valence-electron chi connectivity index (χ0n) is 13.8. The molecule has 0 aromatic heterocycles. The van der Waals surface area contributed by atoms with E-state index in [0.717, 1.165) is 11.1 Å². The summed E-state index contributed by atoms with van der Waals surface area (Å²) in [5.74, 6) is -0.956. The average Bonchev–Trinajstić information content (AvgIpc) is 2.90. The lowest BCUT2D eigenvalue weighted by molar-refractivity contribution is -0.136. The van der Waals surface area contributed by atoms with E-state index in [4.69, 9.17) is 17.3 Å². The molecule has 132 valence electrons. The molecule has 0 aliphatic carbocycles. The lowest BCUT2D eigenvalue weighted by Gasteiger charge is -2.15. The van der Waals surface area contributed by atoms with Gasteiger partial charge in [0.05, 0.1) is 17.0 Å². The first kappa shape index (κ1) is 18.2. The van der Waals surface area contributed by atoms with Gasteiger partial charge in [-0.05, 0) is 47.9 Å². The summed E-state index contributed by atoms with van der Waals surface area (Å²) in [5.41, 5.74) is 2.88. The number of carbonyl (C=O) groups is 2. The summed E-state index contributed by atoms with van der Waals surface area (Å²) >= 11 is 6.60. The van der Waals surface area contributed by atoms with Gasteiger partial charge in [0, 0.05) is 0 Å². The van der Waals surface area contributed by atoms with Gasteiger partial charge in [-0.3, -0.25) is 14.5 Å². The Kier molecular flexibility index (Phi) is 5.11. The Morgan fingerprint density at radius 3 is 2.31 bits per heavy atom. The Morgan fingerprint density at radius 1 is 1.12 bits per heavy atom. The Hall–Kier alpha value is -2.64. The van der Waals surface area contributed by atoms with E-state index < -0.39 is 5.97 Å². The summed E-state index contributed by atoms with van der Waals surface area (Å²) in [6, 6.07) is 13.4. The highest BCUT2D eigenvalue weighted by atomic mass is 32.2. The lowest BCUT2D eigenvalue weighted by atomic mass is 10.1. The minimum absolute atomic E-state index is 0.0709. The molecule has 0 radical (unpaired) electrons. The van der Waals surface area contributed by atoms with Gasteiger partial charge in [0.2, 0.25) is 0 Å². The number of thiocarbonyl (C=S) groups is 1. The number of allylic oxidation sites excluding steroid dienone is 1. The van der Waals surface area contributed by atoms with Crippen molar-refractivity contribution in [3.05, 3.63) is 64.6 Å². The SMILES string of the molecule is C/C(=C1/SC(=S)N(c2ccc(CC(=O)O)cc2)C1=O)c1ccc(O)cc1. The highest BCUT2D eigenvalue weighted by Crippen LogP contribution is 2.39. The number of anilines is 1. The average molecular weight is 385 g/mol. The number of rotatable bonds is 4. The molecule has 7 heteroatoms. The molecule has 2 aromatic rings. The Balaban J connectivity index is 1.90. The van der Waals surface area contributed by atoms with Gasteiger partial charge in [-0.2, -0.15) is 0 Å². The van der Waals surface area contributed by atoms with Gasteiger partial charge < -0.3 is 10.2 Å². The molecule has 0 unspecified atom stereocenters. The van der Waals surface area contributed by atoms with Gasteiger partial charge >= 0.3 is 5.97 Å². The maximum absolute atomic E-state index is 12.9. The highest BCUT2D eigenvalue weighted by molar-refractivity contribution is 8.27. The predicted molar refractivity (Wildman–Crippen MR) is 106 cm³/mol. The van der Waals surface area contributed by atoms with Crippen molar-refractivity contribution in [1.29, 1.82) is 0 Å². The Bertz CT molecular complexity index is 918. The van der Waals surface area contributed by atoms with Gasteiger partial charge in [-0.25, -0.2) is 0 Å². The predicted octanol–water partition coefficient (Wildman–Crippen LogP) is 3.82. The summed E-state index contributed by atoms with van der Waals surface area (Å²) in [7, 11) is 0. The van der Waals surface area contributed by atoms with Crippen molar-refractivity contribution in [3.8, 4) is 5.75 Å². The number of carboxylic acid groups (broad SMARTS) is 1. The fraction of sp³-hybridized carbons (Fsp3) is 0.105. The van der Waals surface area contributed by atoms with Gasteiger partial charge in [0.15, 0.2) is 4.32 Å². The number of thioether (sulfide) groups is 1. The number of hydrogen-bond acceptors (Lipinski definition) is 5. The standard InChI is InChI=1S/C19H15NO4S2/c1-11(13-4-8-15(21)9-5-13)17-18(24)20(19(25)26-17)14-6-2-12(3-7-14)10-16(22)23/h2-9,21H,10H2,1H3,(H,22,23)/b17-11-. The third kappa shape index (κ3) is 3.63. The monoisotopic (exact) mass is 385 g/mol. The van der Waals surface area contributed by atoms with Crippen LogP contribution < -0.4 is 4.90 Å². The molecule has 2 N–H and O–H groups in total. The quantitative estimate of drug-likeness (QED) is 0.615. The number of nitrogens with zero attached hydrogens (tertiary/aromatic N) is 1. The van der Waals surface area contributed by atoms with Crippen molar-refractivity contribution in [2.24, 2.45) is 0 Å². The van der Waals surface area contributed by atoms with Gasteiger partial charge in [0.25, 0.3) is 5.91 Å². The number of carbonyl (C=O) groups excluding carboxylic acids is 1. The van der Waals surface area contributed by atoms with Gasteiger partial charge in [0.1, 0.15) is 5.75 Å². The zero-order valence-corrected chi connectivity index (χ0v) is 15.4. The number of carboxylic acids is 1. The zero-order chi connectivity index (χ0) is 18.8. The molecule has 3 rings (SSSR count). The van der Waals surface area contributed by atoms with Gasteiger partial charge in [-0.15, -0.1) is 0 Å². The topological polar surface area (TPSA) is 77.8 Å². The fourth-order valence-corrected chi connectivity index (χ4v) is 3.94. The van der Waals surface area contributed by atoms with Crippen LogP contribution in [0, 0.1) is 0 Å². The molecule has 1 aliphatic heterocycles. The van der Waals surface area contributed by atoms with Crippen LogP contribution >= 0.6 is 24.0 Å². The molecule has 1 amide bonds. The van der Waals surface area contributed by atoms with Crippen LogP contribution in [0.2, 0.25) is 0 Å². The third-order valence-corrected chi connectivity index (χ3v) is 5.43. The molecule has 1 heterocycles. The van der Waals surface area contributed by atoms with E-state index in [1.165, 1.54) is 16.7 Å². The summed E-state index contributed by atoms with van der Waals surface area (Å²) in [4.78, 5) is 25.6. The minimum Gasteiger partial charge on any atom is -0.508 e. The number of phenols is 1. The molecular weight excluding hydrogens is 370 g/mol. The van der Waals surface area contributed by atoms with Crippen LogP contribution in [0.4, 0.5) is 5.69 Å². The normalized spacial score (nSPS) is 16.1. The number of amides is 1. The van der Waals surface area contributed by atoms with Crippen LogP contribution in [0.1, 0.15) is 18.1 Å². The molecule has 1 saturated heterocycles. The molecular formula is C19H15NO4S2. The molecule has 0 atom stereocenters. The highest BCUT2D eigenvalue weighted by Gasteiger charge is 2.34. The first-order chi connectivity index (χ1) is 12.4. The summed E-state index contributed by atoms with van der Waals surface area (Å²) < 4.78 is 0.425. The van der Waals surface area contributed by atoms with Crippen LogP contribution in [0.3, 0.4) is 0 Å². The van der Waals surface area contributed by atoms with E-state index in [0.29, 0.717) is 20.5 Å². The maximum atomic E-state index is 12.9. The fourth-order valence-electron chi connectivity index (χ4n) is 2.60. The van der Waals surface area contributed by atoms with E-state index in [2.05, 4.69) is 0 Å². The number of benzene rings is 2. The molecule has 1 fully saturated rings. The summed E-state index contributed by atoms with van der Waals surface area (Å²) in [5, 5.41) is 18.3. The van der Waals surface area contributed by atoms with E-state index in [1.807, 2.05) is 6.92 Å². The number of hydrogen-bond donors (Lipinski definition) is 2. The van der Waals surface area contributed by atoms with Crippen molar-refractivity contribution in [3.63, 3.8) is 0 Å². The van der Waals surface area contributed by atoms with Crippen LogP contribution in [0.15, 0.2) is 53.4 Å². The van der Waals surface area contributed by atoms with Crippen molar-refractivity contribution < 1.29 is 19.8 Å². The largest absolute Gasteiger partial charge is 0.508 e. The van der Waals surface area contributed by atoms with E-state index in [-0.39, 0.29) is 18.1 Å². The van der Waals surface area contributed by atoms with Crippen LogP contribution in [-0.2, 0) is 16.0 Å². The van der Waals surface area contributed by atoms with Crippen molar-refractivity contribution in [1.82, 2.24) is 0 Å². The van der Waals surface area contributed by atoms with E-state index in [9.17, 15) is 14.7 Å². The Labute approximate surface area is 160 Å². The molecule has 0 spiro atoms. The van der Waals surface area contributed by atoms with Gasteiger partial charge in [-0.1, -0.05) is 48.2 Å². The van der Waals surface area contributed by atoms with Crippen molar-refractivity contribution in [2.75, 3.05) is 4.90 Å². The van der Waals surface area contributed by atoms with Crippen molar-refractivity contribution >= 4 is 51.4 Å². The summed E-state index contributed by atoms with van der Waals surface area (Å²) in [6.07, 6.45) is -0.0709. The number of phenolic OH excluding ortho intramolecular Hbond substituents is 1. The van der Waals surface area contributed by atoms with Crippen LogP contribution in [0.25, 0.3) is 5.57 Å². The van der Waals surface area contributed by atoms with Crippen molar-refractivity contribution in [2.45, 2.75) is 13.3 Å². The second kappa shape index (κ2) is 7.31. The number of aliphatic carboxylic acids is 1. The minimum atomic E-state index is -0.907. The first-order valence-corrected chi connectivity index (χ1v) is 8.96. The smallest absolute Gasteiger partial charge is 0.307 e. The van der Waals surface area contributed by atoms with Crippen LogP contribution in [-0.4, -0.2) is 26.4 Å². The maximum Gasteiger partial charge on any atom is 0.307 e. The second-order valence-corrected chi connectivity index (χ2v) is 7.39. The Morgan fingerprint density at radius 2 is 1.73 bits per heavy atom. The molecule has 1 aliphatic rings. The third-order valence-electron chi connectivity index (χ3n) is 3.96. The van der Waals surface area contributed by atoms with E-state index in [1.54, 1.807) is 48.5 Å². The molecule has 0 bridgehead atoms. The second-order valence-electron chi connectivity index (χ2n) is 5.75. The number of aromatic hydroxyl groups is 1. The lowest BCUT2D eigenvalue weighted by Crippen LogP contribution is -2.27. The first-order valence-electron chi connectivity index (χ1n) is 7.74. The van der Waals surface area contributed by atoms with E-state index >= 15 is 0 Å².